The Morgan fingerprint density at radius 2 is 1.75 bits per heavy atom. The first-order valence-electron chi connectivity index (χ1n) is 11.4. The maximum Gasteiger partial charge on any atom is 0.324 e. The average Bonchev–Trinajstić information content (AvgIpc) is 3.30. The van der Waals surface area contributed by atoms with Gasteiger partial charge in [-0.25, -0.2) is 9.48 Å². The third kappa shape index (κ3) is 6.10. The standard InChI is InChI=1S/C27H26ClN5O3/c1-18-7-5-12-22(26(18)28)30-27(36)31-24-17-23(20-9-3-2-4-10-20)32-33(24)21-11-6-8-19(15-21)16-25(35)29-13-14-34/h2-12,15,17,34H,13-14,16H2,1H3,(H,29,35)(H2,30,31,36). The highest BCUT2D eigenvalue weighted by Crippen LogP contribution is 2.27. The molecule has 4 N–H and O–H groups in total. The van der Waals surface area contributed by atoms with E-state index in [0.29, 0.717) is 27.9 Å². The zero-order valence-electron chi connectivity index (χ0n) is 19.7. The van der Waals surface area contributed by atoms with Crippen molar-refractivity contribution < 1.29 is 14.7 Å². The number of hydrogen-bond acceptors (Lipinski definition) is 4. The minimum atomic E-state index is -0.470. The highest BCUT2D eigenvalue weighted by atomic mass is 35.5. The van der Waals surface area contributed by atoms with Crippen LogP contribution < -0.4 is 16.0 Å². The molecular weight excluding hydrogens is 478 g/mol. The van der Waals surface area contributed by atoms with Crippen molar-refractivity contribution in [3.05, 3.63) is 95.0 Å². The Bertz CT molecular complexity index is 1370. The van der Waals surface area contributed by atoms with Gasteiger partial charge in [0.15, 0.2) is 0 Å². The maximum absolute atomic E-state index is 12.9. The van der Waals surface area contributed by atoms with Gasteiger partial charge in [-0.2, -0.15) is 5.10 Å². The van der Waals surface area contributed by atoms with Gasteiger partial charge in [0.2, 0.25) is 5.91 Å². The van der Waals surface area contributed by atoms with E-state index < -0.39 is 6.03 Å². The summed E-state index contributed by atoms with van der Waals surface area (Å²) in [7, 11) is 0. The second-order valence-electron chi connectivity index (χ2n) is 8.13. The number of urea groups is 1. The minimum absolute atomic E-state index is 0.119. The van der Waals surface area contributed by atoms with Crippen LogP contribution in [-0.4, -0.2) is 40.0 Å². The molecule has 9 heteroatoms. The summed E-state index contributed by atoms with van der Waals surface area (Å²) in [5.74, 6) is 0.247. The van der Waals surface area contributed by atoms with Gasteiger partial charge in [0.05, 0.1) is 35.1 Å². The number of hydrogen-bond donors (Lipinski definition) is 4. The second kappa shape index (κ2) is 11.5. The number of aromatic nitrogens is 2. The van der Waals surface area contributed by atoms with E-state index in [-0.39, 0.29) is 25.5 Å². The van der Waals surface area contributed by atoms with Crippen molar-refractivity contribution in [3.8, 4) is 16.9 Å². The van der Waals surface area contributed by atoms with E-state index in [0.717, 1.165) is 16.7 Å². The van der Waals surface area contributed by atoms with Crippen LogP contribution in [0, 0.1) is 6.92 Å². The molecule has 0 aliphatic heterocycles. The largest absolute Gasteiger partial charge is 0.395 e. The first-order valence-corrected chi connectivity index (χ1v) is 11.8. The lowest BCUT2D eigenvalue weighted by molar-refractivity contribution is -0.120. The summed E-state index contributed by atoms with van der Waals surface area (Å²) in [6.07, 6.45) is 0.149. The molecule has 4 rings (SSSR count). The SMILES string of the molecule is Cc1cccc(NC(=O)Nc2cc(-c3ccccc3)nn2-c2cccc(CC(=O)NCCO)c2)c1Cl. The zero-order valence-corrected chi connectivity index (χ0v) is 20.4. The maximum atomic E-state index is 12.9. The smallest absolute Gasteiger partial charge is 0.324 e. The van der Waals surface area contributed by atoms with Crippen LogP contribution in [0.25, 0.3) is 16.9 Å². The Labute approximate surface area is 213 Å². The number of aryl methyl sites for hydroxylation is 1. The molecule has 0 aliphatic rings. The van der Waals surface area contributed by atoms with Gasteiger partial charge in [-0.15, -0.1) is 0 Å². The first-order chi connectivity index (χ1) is 17.4. The van der Waals surface area contributed by atoms with Gasteiger partial charge in [-0.05, 0) is 36.2 Å². The Balaban J connectivity index is 1.64. The van der Waals surface area contributed by atoms with E-state index in [9.17, 15) is 9.59 Å². The summed E-state index contributed by atoms with van der Waals surface area (Å²) in [6, 6.07) is 23.7. The van der Waals surface area contributed by atoms with Crippen molar-refractivity contribution in [2.24, 2.45) is 0 Å². The van der Waals surface area contributed by atoms with Gasteiger partial charge in [-0.3, -0.25) is 10.1 Å². The molecule has 0 spiro atoms. The van der Waals surface area contributed by atoms with Crippen LogP contribution in [0.3, 0.4) is 0 Å². The Morgan fingerprint density at radius 1 is 0.972 bits per heavy atom. The number of nitrogens with one attached hydrogen (secondary N) is 3. The van der Waals surface area contributed by atoms with Gasteiger partial charge in [0, 0.05) is 18.2 Å². The van der Waals surface area contributed by atoms with E-state index >= 15 is 0 Å². The molecule has 0 saturated carbocycles. The molecule has 0 saturated heterocycles. The molecule has 1 aromatic heterocycles. The summed E-state index contributed by atoms with van der Waals surface area (Å²) in [5.41, 5.74) is 4.35. The van der Waals surface area contributed by atoms with Crippen LogP contribution >= 0.6 is 11.6 Å². The third-order valence-corrected chi connectivity index (χ3v) is 5.92. The van der Waals surface area contributed by atoms with E-state index in [2.05, 4.69) is 16.0 Å². The highest BCUT2D eigenvalue weighted by Gasteiger charge is 2.16. The number of halogens is 1. The summed E-state index contributed by atoms with van der Waals surface area (Å²) < 4.78 is 1.62. The topological polar surface area (TPSA) is 108 Å². The molecule has 36 heavy (non-hydrogen) atoms. The van der Waals surface area contributed by atoms with Crippen molar-refractivity contribution in [1.82, 2.24) is 15.1 Å². The minimum Gasteiger partial charge on any atom is -0.395 e. The lowest BCUT2D eigenvalue weighted by Crippen LogP contribution is -2.27. The molecule has 0 fully saturated rings. The van der Waals surface area contributed by atoms with Crippen molar-refractivity contribution in [1.29, 1.82) is 0 Å². The fourth-order valence-electron chi connectivity index (χ4n) is 3.67. The van der Waals surface area contributed by atoms with E-state index in [1.165, 1.54) is 0 Å². The number of anilines is 2. The van der Waals surface area contributed by atoms with Crippen LogP contribution in [-0.2, 0) is 11.2 Å². The number of carbonyl (C=O) groups is 2. The Kier molecular flexibility index (Phi) is 7.99. The Hall–Kier alpha value is -4.14. The fourth-order valence-corrected chi connectivity index (χ4v) is 3.85. The van der Waals surface area contributed by atoms with E-state index in [1.807, 2.05) is 73.7 Å². The number of amides is 3. The third-order valence-electron chi connectivity index (χ3n) is 5.41. The lowest BCUT2D eigenvalue weighted by Gasteiger charge is -2.12. The molecule has 4 aromatic rings. The van der Waals surface area contributed by atoms with Gasteiger partial charge in [-0.1, -0.05) is 66.2 Å². The van der Waals surface area contributed by atoms with Crippen molar-refractivity contribution in [2.45, 2.75) is 13.3 Å². The molecule has 1 heterocycles. The van der Waals surface area contributed by atoms with Gasteiger partial charge >= 0.3 is 6.03 Å². The summed E-state index contributed by atoms with van der Waals surface area (Å²) in [6.45, 7) is 1.95. The predicted molar refractivity (Wildman–Crippen MR) is 142 cm³/mol. The quantitative estimate of drug-likeness (QED) is 0.277. The lowest BCUT2D eigenvalue weighted by atomic mass is 10.1. The molecule has 8 nitrogen and oxygen atoms in total. The molecule has 3 aromatic carbocycles. The number of rotatable bonds is 8. The second-order valence-corrected chi connectivity index (χ2v) is 8.51. The monoisotopic (exact) mass is 503 g/mol. The zero-order chi connectivity index (χ0) is 25.5. The number of aliphatic hydroxyl groups is 1. The van der Waals surface area contributed by atoms with Crippen molar-refractivity contribution in [2.75, 3.05) is 23.8 Å². The molecule has 184 valence electrons. The molecule has 3 amide bonds. The highest BCUT2D eigenvalue weighted by molar-refractivity contribution is 6.34. The normalized spacial score (nSPS) is 10.6. The Morgan fingerprint density at radius 3 is 2.53 bits per heavy atom. The van der Waals surface area contributed by atoms with Gasteiger partial charge in [0.25, 0.3) is 0 Å². The van der Waals surface area contributed by atoms with Crippen LogP contribution in [0.5, 0.6) is 0 Å². The average molecular weight is 504 g/mol. The molecule has 0 bridgehead atoms. The summed E-state index contributed by atoms with van der Waals surface area (Å²) in [5, 5.41) is 22.4. The van der Waals surface area contributed by atoms with Crippen LogP contribution in [0.15, 0.2) is 78.9 Å². The first kappa shape index (κ1) is 25.0. The van der Waals surface area contributed by atoms with E-state index in [4.69, 9.17) is 21.8 Å². The van der Waals surface area contributed by atoms with Crippen LogP contribution in [0.4, 0.5) is 16.3 Å². The molecular formula is C27H26ClN5O3. The van der Waals surface area contributed by atoms with E-state index in [1.54, 1.807) is 16.8 Å². The van der Waals surface area contributed by atoms with Crippen molar-refractivity contribution in [3.63, 3.8) is 0 Å². The number of benzene rings is 3. The fraction of sp³-hybridized carbons (Fsp3) is 0.148. The summed E-state index contributed by atoms with van der Waals surface area (Å²) >= 11 is 6.34. The number of nitrogens with zero attached hydrogens (tertiary/aromatic N) is 2. The molecule has 0 radical (unpaired) electrons. The summed E-state index contributed by atoms with van der Waals surface area (Å²) in [4.78, 5) is 25.0. The number of aliphatic hydroxyl groups excluding tert-OH is 1. The van der Waals surface area contributed by atoms with Crippen LogP contribution in [0.2, 0.25) is 5.02 Å². The van der Waals surface area contributed by atoms with Crippen LogP contribution in [0.1, 0.15) is 11.1 Å². The van der Waals surface area contributed by atoms with Crippen molar-refractivity contribution >= 4 is 35.0 Å². The molecule has 0 aliphatic carbocycles. The predicted octanol–water partition coefficient (Wildman–Crippen LogP) is 4.80. The molecule has 0 atom stereocenters. The van der Waals surface area contributed by atoms with Gasteiger partial charge < -0.3 is 15.7 Å². The van der Waals surface area contributed by atoms with Gasteiger partial charge in [0.1, 0.15) is 5.82 Å². The molecule has 0 unspecified atom stereocenters. The number of carbonyl (C=O) groups excluding carboxylic acids is 2.